The van der Waals surface area contributed by atoms with E-state index >= 15 is 0 Å². The lowest BCUT2D eigenvalue weighted by molar-refractivity contribution is -0.129. The molecular formula is C30H40ClN5O3. The normalized spacial score (nSPS) is 19.1. The summed E-state index contributed by atoms with van der Waals surface area (Å²) in [6.45, 7) is 13.2. The highest BCUT2D eigenvalue weighted by molar-refractivity contribution is 5.85. The smallest absolute Gasteiger partial charge is 0.230 e. The fourth-order valence-electron chi connectivity index (χ4n) is 5.82. The third-order valence-electron chi connectivity index (χ3n) is 8.16. The number of pyridine rings is 1. The van der Waals surface area contributed by atoms with Crippen molar-refractivity contribution < 1.29 is 14.4 Å². The van der Waals surface area contributed by atoms with Gasteiger partial charge in [0.1, 0.15) is 5.60 Å². The van der Waals surface area contributed by atoms with E-state index < -0.39 is 11.0 Å². The van der Waals surface area contributed by atoms with Crippen LogP contribution in [0.2, 0.25) is 0 Å². The topological polar surface area (TPSA) is 104 Å². The Balaban J connectivity index is 0.00000353. The zero-order valence-electron chi connectivity index (χ0n) is 23.5. The Hall–Kier alpha value is -2.81. The summed E-state index contributed by atoms with van der Waals surface area (Å²) in [5.41, 5.74) is 2.07. The van der Waals surface area contributed by atoms with E-state index in [0.717, 1.165) is 24.8 Å². The second-order valence-electron chi connectivity index (χ2n) is 12.5. The number of nitrogens with one attached hydrogen (secondary N) is 1. The van der Waals surface area contributed by atoms with Gasteiger partial charge in [-0.25, -0.2) is 0 Å². The van der Waals surface area contributed by atoms with E-state index in [1.54, 1.807) is 19.3 Å². The summed E-state index contributed by atoms with van der Waals surface area (Å²) >= 11 is 0. The summed E-state index contributed by atoms with van der Waals surface area (Å²) in [5.74, 6) is 1.28. The summed E-state index contributed by atoms with van der Waals surface area (Å²) in [7, 11) is 0. The van der Waals surface area contributed by atoms with Crippen molar-refractivity contribution in [1.82, 2.24) is 25.3 Å². The van der Waals surface area contributed by atoms with Crippen molar-refractivity contribution in [3.63, 3.8) is 0 Å². The summed E-state index contributed by atoms with van der Waals surface area (Å²) < 4.78 is 5.65. The van der Waals surface area contributed by atoms with Gasteiger partial charge in [-0.3, -0.25) is 9.78 Å². The standard InChI is InChI=1S/C30H39N5O3.ClH/c1-20(36)35-12-10-22(11-13-35)27-33-26(34-38-27)23-14-25(17-31-16-23)30(37,29(5)18-32-19-29)24-8-6-21(7-9-24)15-28(2,3)4;/h6-9,14,16-17,22,32,37H,10-13,15,18-19H2,1-5H3;1H. The van der Waals surface area contributed by atoms with Crippen LogP contribution in [-0.2, 0) is 16.8 Å². The first-order valence-electron chi connectivity index (χ1n) is 13.6. The molecule has 2 N–H and O–H groups in total. The van der Waals surface area contributed by atoms with Crippen molar-refractivity contribution in [1.29, 1.82) is 0 Å². The Morgan fingerprint density at radius 1 is 1.13 bits per heavy atom. The molecule has 2 aliphatic rings. The molecule has 0 saturated carbocycles. The zero-order chi connectivity index (χ0) is 27.1. The number of aliphatic hydroxyl groups is 1. The van der Waals surface area contributed by atoms with Gasteiger partial charge in [-0.15, -0.1) is 12.4 Å². The summed E-state index contributed by atoms with van der Waals surface area (Å²) in [5, 5.41) is 20.0. The summed E-state index contributed by atoms with van der Waals surface area (Å²) in [4.78, 5) is 22.7. The number of benzene rings is 1. The minimum atomic E-state index is -1.24. The molecule has 1 aromatic carbocycles. The Kier molecular flexibility index (Phi) is 8.22. The molecule has 3 aromatic rings. The molecule has 1 unspecified atom stereocenters. The molecule has 9 heteroatoms. The summed E-state index contributed by atoms with van der Waals surface area (Å²) in [6.07, 6.45) is 6.03. The number of hydrogen-bond acceptors (Lipinski definition) is 7. The summed E-state index contributed by atoms with van der Waals surface area (Å²) in [6, 6.07) is 10.3. The van der Waals surface area contributed by atoms with Crippen LogP contribution in [0.4, 0.5) is 0 Å². The van der Waals surface area contributed by atoms with Gasteiger partial charge in [0.05, 0.1) is 0 Å². The highest BCUT2D eigenvalue weighted by atomic mass is 35.5. The van der Waals surface area contributed by atoms with E-state index in [1.165, 1.54) is 5.56 Å². The monoisotopic (exact) mass is 553 g/mol. The largest absolute Gasteiger partial charge is 0.380 e. The highest BCUT2D eigenvalue weighted by Gasteiger charge is 2.53. The van der Waals surface area contributed by atoms with Crippen LogP contribution in [0.25, 0.3) is 11.4 Å². The van der Waals surface area contributed by atoms with Crippen LogP contribution >= 0.6 is 12.4 Å². The predicted molar refractivity (Wildman–Crippen MR) is 153 cm³/mol. The molecule has 2 aliphatic heterocycles. The lowest BCUT2D eigenvalue weighted by Crippen LogP contribution is -2.63. The minimum absolute atomic E-state index is 0. The van der Waals surface area contributed by atoms with Gasteiger partial charge in [0.2, 0.25) is 17.6 Å². The molecule has 0 bridgehead atoms. The fraction of sp³-hybridized carbons (Fsp3) is 0.533. The van der Waals surface area contributed by atoms with Crippen molar-refractivity contribution in [2.45, 2.75) is 65.4 Å². The van der Waals surface area contributed by atoms with Crippen LogP contribution < -0.4 is 5.32 Å². The van der Waals surface area contributed by atoms with Gasteiger partial charge in [-0.1, -0.05) is 57.1 Å². The Morgan fingerprint density at radius 2 is 1.79 bits per heavy atom. The van der Waals surface area contributed by atoms with Crippen LogP contribution in [0.5, 0.6) is 0 Å². The molecule has 0 spiro atoms. The third kappa shape index (κ3) is 5.74. The van der Waals surface area contributed by atoms with Crippen LogP contribution in [0.3, 0.4) is 0 Å². The number of piperidine rings is 1. The Bertz CT molecular complexity index is 1290. The van der Waals surface area contributed by atoms with Gasteiger partial charge in [-0.05, 0) is 41.9 Å². The number of nitrogens with zero attached hydrogens (tertiary/aromatic N) is 4. The average Bonchev–Trinajstić information content (AvgIpc) is 3.37. The second-order valence-corrected chi connectivity index (χ2v) is 12.5. The number of aromatic nitrogens is 3. The average molecular weight is 554 g/mol. The highest BCUT2D eigenvalue weighted by Crippen LogP contribution is 2.48. The van der Waals surface area contributed by atoms with Gasteiger partial charge in [-0.2, -0.15) is 4.98 Å². The molecular weight excluding hydrogens is 514 g/mol. The van der Waals surface area contributed by atoms with Crippen molar-refractivity contribution in [3.05, 3.63) is 65.3 Å². The van der Waals surface area contributed by atoms with E-state index in [4.69, 9.17) is 9.51 Å². The zero-order valence-corrected chi connectivity index (χ0v) is 24.3. The van der Waals surface area contributed by atoms with E-state index in [9.17, 15) is 9.90 Å². The molecule has 8 nitrogen and oxygen atoms in total. The number of hydrogen-bond donors (Lipinski definition) is 2. The molecule has 1 amide bonds. The maximum Gasteiger partial charge on any atom is 0.230 e. The van der Waals surface area contributed by atoms with Crippen LogP contribution in [-0.4, -0.2) is 57.2 Å². The van der Waals surface area contributed by atoms with Crippen LogP contribution in [0, 0.1) is 10.8 Å². The molecule has 39 heavy (non-hydrogen) atoms. The maximum atomic E-state index is 12.4. The van der Waals surface area contributed by atoms with Gasteiger partial charge in [0.25, 0.3) is 0 Å². The first kappa shape index (κ1) is 29.2. The fourth-order valence-corrected chi connectivity index (χ4v) is 5.82. The Morgan fingerprint density at radius 3 is 2.36 bits per heavy atom. The van der Waals surface area contributed by atoms with E-state index in [-0.39, 0.29) is 29.6 Å². The predicted octanol–water partition coefficient (Wildman–Crippen LogP) is 4.71. The molecule has 2 fully saturated rings. The van der Waals surface area contributed by atoms with Crippen molar-refractivity contribution >= 4 is 18.3 Å². The number of rotatable bonds is 6. The first-order valence-corrected chi connectivity index (χ1v) is 13.6. The van der Waals surface area contributed by atoms with E-state index in [1.807, 2.05) is 11.0 Å². The van der Waals surface area contributed by atoms with Crippen LogP contribution in [0.1, 0.15) is 76.0 Å². The quantitative estimate of drug-likeness (QED) is 0.455. The van der Waals surface area contributed by atoms with Crippen molar-refractivity contribution in [2.24, 2.45) is 10.8 Å². The number of likely N-dealkylation sites (tertiary alicyclic amines) is 1. The molecule has 5 rings (SSSR count). The van der Waals surface area contributed by atoms with E-state index in [2.05, 4.69) is 67.4 Å². The molecule has 2 aromatic heterocycles. The molecule has 0 aliphatic carbocycles. The molecule has 4 heterocycles. The lowest BCUT2D eigenvalue weighted by Gasteiger charge is -2.52. The molecule has 2 saturated heterocycles. The van der Waals surface area contributed by atoms with Crippen molar-refractivity contribution in [2.75, 3.05) is 26.2 Å². The molecule has 0 radical (unpaired) electrons. The third-order valence-corrected chi connectivity index (χ3v) is 8.16. The minimum Gasteiger partial charge on any atom is -0.380 e. The van der Waals surface area contributed by atoms with Crippen LogP contribution in [0.15, 0.2) is 47.2 Å². The number of halogens is 1. The maximum absolute atomic E-state index is 12.4. The van der Waals surface area contributed by atoms with E-state index in [0.29, 0.717) is 49.0 Å². The lowest BCUT2D eigenvalue weighted by atomic mass is 9.63. The number of carbonyl (C=O) groups is 1. The van der Waals surface area contributed by atoms with Crippen molar-refractivity contribution in [3.8, 4) is 11.4 Å². The van der Waals surface area contributed by atoms with Gasteiger partial charge >= 0.3 is 0 Å². The van der Waals surface area contributed by atoms with Gasteiger partial charge in [0.15, 0.2) is 0 Å². The molecule has 210 valence electrons. The first-order chi connectivity index (χ1) is 18.0. The molecule has 1 atom stereocenters. The second kappa shape index (κ2) is 11.0. The Labute approximate surface area is 237 Å². The van der Waals surface area contributed by atoms with Gasteiger partial charge < -0.3 is 19.8 Å². The van der Waals surface area contributed by atoms with Gasteiger partial charge in [0, 0.05) is 68.0 Å². The number of amides is 1. The number of carbonyl (C=O) groups excluding carboxylic acids is 1. The SMILES string of the molecule is CC(=O)N1CCC(c2nc(-c3cncc(C(O)(c4ccc(CC(C)(C)C)cc4)C4(C)CNC4)c3)no2)CC1.Cl.